The maximum atomic E-state index is 8.96. The number of hydrogen-bond donors (Lipinski definition) is 18. The fourth-order valence-corrected chi connectivity index (χ4v) is 1.44. The van der Waals surface area contributed by atoms with Crippen molar-refractivity contribution in [1.82, 2.24) is 0 Å². The maximum Gasteiger partial charge on any atom is 0.111 e. The Kier molecular flexibility index (Phi) is 32.2. The van der Waals surface area contributed by atoms with Gasteiger partial charge in [-0.1, -0.05) is 0 Å². The first-order chi connectivity index (χ1) is 16.7. The van der Waals surface area contributed by atoms with Crippen molar-refractivity contribution in [3.05, 3.63) is 0 Å². The second kappa shape index (κ2) is 27.3. The van der Waals surface area contributed by atoms with Gasteiger partial charge in [-0.25, -0.2) is 0 Å². The molecule has 0 amide bonds. The van der Waals surface area contributed by atoms with E-state index in [1.807, 2.05) is 0 Å². The highest BCUT2D eigenvalue weighted by Crippen LogP contribution is 2.04. The van der Waals surface area contributed by atoms with Crippen LogP contribution < -0.4 is 0 Å². The summed E-state index contributed by atoms with van der Waals surface area (Å²) in [6.07, 6.45) is -14.1. The van der Waals surface area contributed by atoms with E-state index in [4.69, 9.17) is 91.9 Å². The Morgan fingerprint density at radius 2 is 0.444 bits per heavy atom. The summed E-state index contributed by atoms with van der Waals surface area (Å²) in [6.45, 7) is -4.51. The highest BCUT2D eigenvalue weighted by atomic mass is 16.4. The first kappa shape index (κ1) is 42.4. The highest BCUT2D eigenvalue weighted by molar-refractivity contribution is 4.79. The number of hydrogen-bond acceptors (Lipinski definition) is 18. The molecule has 0 saturated heterocycles. The van der Waals surface area contributed by atoms with E-state index in [-0.39, 0.29) is 13.2 Å². The quantitative estimate of drug-likeness (QED) is 0.0957. The molecule has 0 aromatic heterocycles. The van der Waals surface area contributed by atoms with E-state index >= 15 is 0 Å². The van der Waals surface area contributed by atoms with Crippen LogP contribution in [0.3, 0.4) is 0 Å². The minimum atomic E-state index is -1.67. The van der Waals surface area contributed by atoms with Gasteiger partial charge in [0.05, 0.1) is 52.9 Å². The van der Waals surface area contributed by atoms with E-state index < -0.39 is 101 Å². The van der Waals surface area contributed by atoms with Crippen LogP contribution in [0.2, 0.25) is 0 Å². The number of rotatable bonds is 14. The molecule has 0 saturated carbocycles. The lowest BCUT2D eigenvalue weighted by atomic mass is 10.0. The molecule has 0 aliphatic rings. The lowest BCUT2D eigenvalue weighted by Crippen LogP contribution is -2.46. The van der Waals surface area contributed by atoms with Gasteiger partial charge in [0.15, 0.2) is 0 Å². The van der Waals surface area contributed by atoms with Crippen molar-refractivity contribution in [1.29, 1.82) is 0 Å². The van der Waals surface area contributed by atoms with Crippen molar-refractivity contribution >= 4 is 0 Å². The van der Waals surface area contributed by atoms with Crippen LogP contribution in [0.4, 0.5) is 0 Å². The average Bonchev–Trinajstić information content (AvgIpc) is 2.93. The van der Waals surface area contributed by atoms with Gasteiger partial charge in [0, 0.05) is 0 Å². The van der Waals surface area contributed by atoms with E-state index in [2.05, 4.69) is 0 Å². The van der Waals surface area contributed by atoms with E-state index in [1.165, 1.54) is 0 Å². The molecular weight excluding hydrogens is 504 g/mol. The summed E-state index contributed by atoms with van der Waals surface area (Å²) in [7, 11) is 0. The molecule has 0 radical (unpaired) electrons. The zero-order valence-corrected chi connectivity index (χ0v) is 19.5. The highest BCUT2D eigenvalue weighted by Gasteiger charge is 2.29. The fraction of sp³-hybridized carbons (Fsp3) is 1.00. The van der Waals surface area contributed by atoms with Crippen molar-refractivity contribution < 1.29 is 91.9 Å². The summed E-state index contributed by atoms with van der Waals surface area (Å²) in [4.78, 5) is 0. The zero-order chi connectivity index (χ0) is 29.4. The molecular formula is C18H44O18. The minimum absolute atomic E-state index is 0.365. The summed E-state index contributed by atoms with van der Waals surface area (Å²) in [5.41, 5.74) is 0. The van der Waals surface area contributed by atoms with Gasteiger partial charge in [-0.2, -0.15) is 0 Å². The van der Waals surface area contributed by atoms with E-state index in [1.54, 1.807) is 0 Å². The van der Waals surface area contributed by atoms with Crippen molar-refractivity contribution in [2.45, 2.75) is 61.0 Å². The first-order valence-corrected chi connectivity index (χ1v) is 10.4. The molecule has 18 N–H and O–H groups in total. The van der Waals surface area contributed by atoms with Crippen LogP contribution in [-0.4, -0.2) is 206 Å². The second-order valence-electron chi connectivity index (χ2n) is 6.99. The molecule has 0 aliphatic carbocycles. The van der Waals surface area contributed by atoms with Gasteiger partial charge in [-0.15, -0.1) is 0 Å². The normalized spacial score (nSPS) is 18.4. The number of aliphatic hydroxyl groups is 18. The molecule has 9 atom stereocenters. The van der Waals surface area contributed by atoms with Crippen molar-refractivity contribution in [2.24, 2.45) is 0 Å². The van der Waals surface area contributed by atoms with Gasteiger partial charge in [0.25, 0.3) is 0 Å². The summed E-state index contributed by atoms with van der Waals surface area (Å²) < 4.78 is 0. The Balaban J connectivity index is -0.000000195. The second-order valence-corrected chi connectivity index (χ2v) is 6.99. The molecule has 0 fully saturated rings. The smallest absolute Gasteiger partial charge is 0.111 e. The van der Waals surface area contributed by atoms with Crippen molar-refractivity contribution in [2.75, 3.05) is 52.9 Å². The summed E-state index contributed by atoms with van der Waals surface area (Å²) in [5, 5.41) is 152. The van der Waals surface area contributed by atoms with Gasteiger partial charge in [0.2, 0.25) is 0 Å². The Morgan fingerprint density at radius 3 is 0.583 bits per heavy atom. The standard InChI is InChI=1S/C6H14O6.C5H12O5.C4H10O4.C3H8O3/c7-1-3(9)5(11)6(12)4(10)2-8;6-1-3(8)5(10)4(9)2-7;5-1-3(7)4(8)2-6;4-1-3(6)2-5/h3-12H,1-2H2;3-10H,1-2H2;3-8H,1-2H2;3-6H,1-2H2/t3-,4-,5-,6-;3-,4+,5+;3-,4-;/m1.1./s1. The van der Waals surface area contributed by atoms with E-state index in [0.29, 0.717) is 0 Å². The molecule has 0 rings (SSSR count). The predicted molar refractivity (Wildman–Crippen MR) is 117 cm³/mol. The molecule has 0 unspecified atom stereocenters. The predicted octanol–water partition coefficient (Wildman–Crippen LogP) is -10.5. The Hall–Kier alpha value is -0.720. The third-order valence-electron chi connectivity index (χ3n) is 3.91. The lowest BCUT2D eigenvalue weighted by Gasteiger charge is -2.24. The van der Waals surface area contributed by atoms with Gasteiger partial charge < -0.3 is 91.9 Å². The van der Waals surface area contributed by atoms with Crippen LogP contribution in [0.15, 0.2) is 0 Å². The van der Waals surface area contributed by atoms with E-state index in [0.717, 1.165) is 0 Å². The average molecular weight is 549 g/mol. The zero-order valence-electron chi connectivity index (χ0n) is 19.5. The largest absolute Gasteiger partial charge is 0.394 e. The monoisotopic (exact) mass is 548 g/mol. The third-order valence-corrected chi connectivity index (χ3v) is 3.91. The molecule has 0 aromatic carbocycles. The Labute approximate surface area is 206 Å². The topological polar surface area (TPSA) is 364 Å². The summed E-state index contributed by atoms with van der Waals surface area (Å²) in [5.74, 6) is 0. The Bertz CT molecular complexity index is 399. The molecule has 0 aliphatic heterocycles. The third kappa shape index (κ3) is 22.5. The van der Waals surface area contributed by atoms with Gasteiger partial charge >= 0.3 is 0 Å². The number of aliphatic hydroxyl groups excluding tert-OH is 18. The molecule has 18 heteroatoms. The fourth-order valence-electron chi connectivity index (χ4n) is 1.44. The van der Waals surface area contributed by atoms with Gasteiger partial charge in [0.1, 0.15) is 61.0 Å². The van der Waals surface area contributed by atoms with Crippen LogP contribution in [0.5, 0.6) is 0 Å². The molecule has 0 heterocycles. The van der Waals surface area contributed by atoms with Crippen molar-refractivity contribution in [3.8, 4) is 0 Å². The molecule has 224 valence electrons. The van der Waals surface area contributed by atoms with Crippen LogP contribution in [0, 0.1) is 0 Å². The molecule has 0 aromatic rings. The van der Waals surface area contributed by atoms with Gasteiger partial charge in [-0.3, -0.25) is 0 Å². The molecule has 36 heavy (non-hydrogen) atoms. The SMILES string of the molecule is OCC(O)CO.OC[C@@H](O)[C@@H](O)[C@H](O)[C@H](O)CO.OC[C@@H](O)[C@H](O)CO.OC[C@@H](O)[C@H](O)[C@@H](O)CO. The van der Waals surface area contributed by atoms with Gasteiger partial charge in [-0.05, 0) is 0 Å². The summed E-state index contributed by atoms with van der Waals surface area (Å²) in [6, 6.07) is 0. The summed E-state index contributed by atoms with van der Waals surface area (Å²) >= 11 is 0. The minimum Gasteiger partial charge on any atom is -0.394 e. The maximum absolute atomic E-state index is 8.96. The molecule has 0 bridgehead atoms. The lowest BCUT2D eigenvalue weighted by molar-refractivity contribution is -0.123. The van der Waals surface area contributed by atoms with Crippen LogP contribution in [0.1, 0.15) is 0 Å². The van der Waals surface area contributed by atoms with E-state index in [9.17, 15) is 0 Å². The molecule has 0 spiro atoms. The van der Waals surface area contributed by atoms with Crippen LogP contribution >= 0.6 is 0 Å². The molecule has 18 nitrogen and oxygen atoms in total. The van der Waals surface area contributed by atoms with Crippen molar-refractivity contribution in [3.63, 3.8) is 0 Å². The first-order valence-electron chi connectivity index (χ1n) is 10.4. The van der Waals surface area contributed by atoms with Crippen LogP contribution in [0.25, 0.3) is 0 Å². The van der Waals surface area contributed by atoms with Crippen LogP contribution in [-0.2, 0) is 0 Å². The Morgan fingerprint density at radius 1 is 0.250 bits per heavy atom.